The molecule has 0 saturated carbocycles. The molecule has 1 N–H and O–H groups in total. The summed E-state index contributed by atoms with van der Waals surface area (Å²) in [5.41, 5.74) is 0.139. The molecular formula is C16H23F2NO3. The van der Waals surface area contributed by atoms with E-state index in [0.717, 1.165) is 38.1 Å². The molecule has 6 heteroatoms. The molecule has 22 heavy (non-hydrogen) atoms. The summed E-state index contributed by atoms with van der Waals surface area (Å²) in [5.74, 6) is -1.34. The highest BCUT2D eigenvalue weighted by Gasteiger charge is 2.23. The summed E-state index contributed by atoms with van der Waals surface area (Å²) in [5, 5.41) is 10.1. The maximum Gasteiger partial charge on any atom is 0.131 e. The molecule has 1 aliphatic heterocycles. The molecule has 1 heterocycles. The number of nitrogens with zero attached hydrogens (tertiary/aromatic N) is 1. The first-order chi connectivity index (χ1) is 10.6. The molecule has 0 aliphatic carbocycles. The van der Waals surface area contributed by atoms with Crippen molar-refractivity contribution in [3.63, 3.8) is 0 Å². The topological polar surface area (TPSA) is 41.9 Å². The highest BCUT2D eigenvalue weighted by atomic mass is 19.1. The van der Waals surface area contributed by atoms with Crippen LogP contribution in [0, 0.1) is 11.6 Å². The molecule has 0 radical (unpaired) electrons. The first kappa shape index (κ1) is 17.3. The fourth-order valence-corrected chi connectivity index (χ4v) is 2.67. The lowest BCUT2D eigenvalue weighted by atomic mass is 10.0. The van der Waals surface area contributed by atoms with Crippen molar-refractivity contribution in [3.05, 3.63) is 35.4 Å². The fraction of sp³-hybridized carbons (Fsp3) is 0.625. The zero-order chi connectivity index (χ0) is 15.9. The summed E-state index contributed by atoms with van der Waals surface area (Å²) in [6.45, 7) is 3.09. The quantitative estimate of drug-likeness (QED) is 0.783. The SMILES string of the molecule is COCCOC1CCN(CC(O)c2ccc(F)cc2F)CC1. The molecule has 124 valence electrons. The summed E-state index contributed by atoms with van der Waals surface area (Å²) in [7, 11) is 1.64. The number of β-amino-alcohol motifs (C(OH)–C–C–N with tert-alkyl or cyclic N) is 1. The summed E-state index contributed by atoms with van der Waals surface area (Å²) >= 11 is 0. The van der Waals surface area contributed by atoms with E-state index < -0.39 is 17.7 Å². The van der Waals surface area contributed by atoms with Crippen molar-refractivity contribution in [2.45, 2.75) is 25.0 Å². The van der Waals surface area contributed by atoms with Crippen LogP contribution in [0.25, 0.3) is 0 Å². The fourth-order valence-electron chi connectivity index (χ4n) is 2.67. The lowest BCUT2D eigenvalue weighted by Gasteiger charge is -2.33. The third kappa shape index (κ3) is 4.98. The van der Waals surface area contributed by atoms with Crippen LogP contribution in [0.3, 0.4) is 0 Å². The lowest BCUT2D eigenvalue weighted by Crippen LogP contribution is -2.39. The monoisotopic (exact) mass is 315 g/mol. The van der Waals surface area contributed by atoms with Gasteiger partial charge in [0.25, 0.3) is 0 Å². The zero-order valence-corrected chi connectivity index (χ0v) is 12.8. The highest BCUT2D eigenvalue weighted by Crippen LogP contribution is 2.21. The normalized spacial score (nSPS) is 18.5. The van der Waals surface area contributed by atoms with Crippen LogP contribution in [0.5, 0.6) is 0 Å². The molecule has 0 spiro atoms. The van der Waals surface area contributed by atoms with Crippen molar-refractivity contribution in [1.29, 1.82) is 0 Å². The van der Waals surface area contributed by atoms with Crippen molar-refractivity contribution in [3.8, 4) is 0 Å². The molecule has 1 atom stereocenters. The third-order valence-electron chi connectivity index (χ3n) is 3.93. The number of hydrogen-bond acceptors (Lipinski definition) is 4. The number of aliphatic hydroxyl groups is 1. The minimum Gasteiger partial charge on any atom is -0.387 e. The van der Waals surface area contributed by atoms with E-state index in [0.29, 0.717) is 19.8 Å². The van der Waals surface area contributed by atoms with Gasteiger partial charge in [0.05, 0.1) is 25.4 Å². The molecule has 1 aromatic carbocycles. The number of ether oxygens (including phenoxy) is 2. The van der Waals surface area contributed by atoms with Crippen LogP contribution in [0.1, 0.15) is 24.5 Å². The van der Waals surface area contributed by atoms with Crippen LogP contribution in [0.2, 0.25) is 0 Å². The summed E-state index contributed by atoms with van der Waals surface area (Å²) < 4.78 is 37.1. The van der Waals surface area contributed by atoms with Crippen molar-refractivity contribution in [2.24, 2.45) is 0 Å². The minimum absolute atomic E-state index is 0.139. The van der Waals surface area contributed by atoms with Crippen LogP contribution in [0.15, 0.2) is 18.2 Å². The number of piperidine rings is 1. The largest absolute Gasteiger partial charge is 0.387 e. The summed E-state index contributed by atoms with van der Waals surface area (Å²) in [6.07, 6.45) is 1.02. The van der Waals surface area contributed by atoms with Gasteiger partial charge in [0.2, 0.25) is 0 Å². The Morgan fingerprint density at radius 3 is 2.64 bits per heavy atom. The molecule has 1 saturated heterocycles. The minimum atomic E-state index is -0.952. The maximum absolute atomic E-state index is 13.6. The first-order valence-electron chi connectivity index (χ1n) is 7.56. The van der Waals surface area contributed by atoms with Gasteiger partial charge in [0, 0.05) is 38.4 Å². The van der Waals surface area contributed by atoms with E-state index in [1.54, 1.807) is 7.11 Å². The van der Waals surface area contributed by atoms with Crippen LogP contribution in [-0.4, -0.2) is 56.1 Å². The number of rotatable bonds is 7. The van der Waals surface area contributed by atoms with Gasteiger partial charge in [-0.1, -0.05) is 6.07 Å². The Labute approximate surface area is 129 Å². The standard InChI is InChI=1S/C16H23F2NO3/c1-21-8-9-22-13-4-6-19(7-5-13)11-16(20)14-3-2-12(17)10-15(14)18/h2-3,10,13,16,20H,4-9,11H2,1H3. The Bertz CT molecular complexity index is 465. The predicted molar refractivity (Wildman–Crippen MR) is 78.6 cm³/mol. The molecule has 2 rings (SSSR count). The summed E-state index contributed by atoms with van der Waals surface area (Å²) in [6, 6.07) is 3.27. The Morgan fingerprint density at radius 1 is 1.27 bits per heavy atom. The molecule has 1 aromatic rings. The van der Waals surface area contributed by atoms with E-state index in [1.807, 2.05) is 0 Å². The van der Waals surface area contributed by atoms with E-state index in [9.17, 15) is 13.9 Å². The van der Waals surface area contributed by atoms with E-state index in [1.165, 1.54) is 6.07 Å². The van der Waals surface area contributed by atoms with Crippen molar-refractivity contribution < 1.29 is 23.4 Å². The van der Waals surface area contributed by atoms with Crippen LogP contribution in [-0.2, 0) is 9.47 Å². The molecule has 1 aliphatic rings. The van der Waals surface area contributed by atoms with Gasteiger partial charge < -0.3 is 19.5 Å². The highest BCUT2D eigenvalue weighted by molar-refractivity contribution is 5.21. The second-order valence-electron chi connectivity index (χ2n) is 5.55. The average molecular weight is 315 g/mol. The van der Waals surface area contributed by atoms with Crippen molar-refractivity contribution in [1.82, 2.24) is 4.90 Å². The van der Waals surface area contributed by atoms with Crippen molar-refractivity contribution >= 4 is 0 Å². The lowest BCUT2D eigenvalue weighted by molar-refractivity contribution is -0.0209. The van der Waals surface area contributed by atoms with Gasteiger partial charge >= 0.3 is 0 Å². The Morgan fingerprint density at radius 2 is 2.00 bits per heavy atom. The van der Waals surface area contributed by atoms with Gasteiger partial charge in [0.15, 0.2) is 0 Å². The maximum atomic E-state index is 13.6. The predicted octanol–water partition coefficient (Wildman–Crippen LogP) is 2.13. The molecule has 0 amide bonds. The molecule has 1 unspecified atom stereocenters. The molecule has 0 bridgehead atoms. The van der Waals surface area contributed by atoms with E-state index in [-0.39, 0.29) is 11.7 Å². The molecular weight excluding hydrogens is 292 g/mol. The number of likely N-dealkylation sites (tertiary alicyclic amines) is 1. The van der Waals surface area contributed by atoms with Crippen LogP contribution < -0.4 is 0 Å². The van der Waals surface area contributed by atoms with Gasteiger partial charge in [-0.3, -0.25) is 0 Å². The molecule has 0 aromatic heterocycles. The summed E-state index contributed by atoms with van der Waals surface area (Å²) in [4.78, 5) is 2.07. The van der Waals surface area contributed by atoms with E-state index >= 15 is 0 Å². The third-order valence-corrected chi connectivity index (χ3v) is 3.93. The number of aliphatic hydroxyl groups excluding tert-OH is 1. The molecule has 4 nitrogen and oxygen atoms in total. The second kappa shape index (κ2) is 8.53. The Kier molecular flexibility index (Phi) is 6.70. The van der Waals surface area contributed by atoms with Gasteiger partial charge in [-0.2, -0.15) is 0 Å². The second-order valence-corrected chi connectivity index (χ2v) is 5.55. The van der Waals surface area contributed by atoms with Gasteiger partial charge in [0.1, 0.15) is 11.6 Å². The molecule has 1 fully saturated rings. The van der Waals surface area contributed by atoms with Crippen LogP contribution in [0.4, 0.5) is 8.78 Å². The number of benzene rings is 1. The Balaban J connectivity index is 1.78. The van der Waals surface area contributed by atoms with Gasteiger partial charge in [-0.15, -0.1) is 0 Å². The first-order valence-corrected chi connectivity index (χ1v) is 7.56. The number of methoxy groups -OCH3 is 1. The van der Waals surface area contributed by atoms with Crippen LogP contribution >= 0.6 is 0 Å². The smallest absolute Gasteiger partial charge is 0.131 e. The Hall–Kier alpha value is -1.08. The number of hydrogen-bond donors (Lipinski definition) is 1. The van der Waals surface area contributed by atoms with E-state index in [4.69, 9.17) is 9.47 Å². The average Bonchev–Trinajstić information content (AvgIpc) is 2.49. The zero-order valence-electron chi connectivity index (χ0n) is 12.8. The van der Waals surface area contributed by atoms with Gasteiger partial charge in [-0.25, -0.2) is 8.78 Å². The van der Waals surface area contributed by atoms with Gasteiger partial charge in [-0.05, 0) is 18.9 Å². The van der Waals surface area contributed by atoms with Crippen molar-refractivity contribution in [2.75, 3.05) is 40.0 Å². The van der Waals surface area contributed by atoms with E-state index in [2.05, 4.69) is 4.90 Å². The number of halogens is 2.